The fraction of sp³-hybridized carbons (Fsp3) is 0.400. The highest BCUT2D eigenvalue weighted by Gasteiger charge is 2.13. The van der Waals surface area contributed by atoms with E-state index < -0.39 is 10.0 Å². The minimum Gasteiger partial charge on any atom is -0.318 e. The number of nitrogens with one attached hydrogen (secondary N) is 2. The highest BCUT2D eigenvalue weighted by atomic mass is 79.9. The van der Waals surface area contributed by atoms with Crippen LogP contribution in [0, 0.1) is 6.92 Å². The van der Waals surface area contributed by atoms with Crippen LogP contribution < -0.4 is 10.0 Å². The first-order valence-corrected chi connectivity index (χ1v) is 7.15. The lowest BCUT2D eigenvalue weighted by atomic mass is 10.2. The molecular weight excluding hydrogens is 328 g/mol. The average molecular weight is 344 g/mol. The summed E-state index contributed by atoms with van der Waals surface area (Å²) in [6.07, 6.45) is 0. The van der Waals surface area contributed by atoms with Gasteiger partial charge in [0.25, 0.3) is 0 Å². The fourth-order valence-corrected chi connectivity index (χ4v) is 2.54. The summed E-state index contributed by atoms with van der Waals surface area (Å²) < 4.78 is 27.1. The van der Waals surface area contributed by atoms with E-state index in [1.54, 1.807) is 25.2 Å². The lowest BCUT2D eigenvalue weighted by Crippen LogP contribution is -2.30. The second-order valence-corrected chi connectivity index (χ2v) is 6.03. The third-order valence-electron chi connectivity index (χ3n) is 2.11. The molecule has 1 aromatic carbocycles. The number of aryl methyl sites for hydroxylation is 1. The van der Waals surface area contributed by atoms with Crippen LogP contribution in [0.2, 0.25) is 0 Å². The van der Waals surface area contributed by atoms with E-state index in [1.807, 2.05) is 6.92 Å². The number of sulfonamides is 1. The minimum absolute atomic E-state index is 0. The van der Waals surface area contributed by atoms with Crippen LogP contribution >= 0.6 is 28.3 Å². The maximum Gasteiger partial charge on any atom is 0.240 e. The molecule has 0 bridgehead atoms. The first kappa shape index (κ1) is 16.9. The Morgan fingerprint density at radius 3 is 2.47 bits per heavy atom. The van der Waals surface area contributed by atoms with Crippen molar-refractivity contribution in [3.8, 4) is 0 Å². The molecular formula is C10H16BrClN2O2S. The van der Waals surface area contributed by atoms with Crippen LogP contribution in [0.25, 0.3) is 0 Å². The maximum absolute atomic E-state index is 11.8. The van der Waals surface area contributed by atoms with E-state index in [1.165, 1.54) is 0 Å². The Labute approximate surface area is 117 Å². The van der Waals surface area contributed by atoms with E-state index in [-0.39, 0.29) is 12.4 Å². The van der Waals surface area contributed by atoms with E-state index in [2.05, 4.69) is 26.0 Å². The second kappa shape index (κ2) is 7.33. The predicted molar refractivity (Wildman–Crippen MR) is 75.2 cm³/mol. The quantitative estimate of drug-likeness (QED) is 0.800. The van der Waals surface area contributed by atoms with Gasteiger partial charge < -0.3 is 5.32 Å². The summed E-state index contributed by atoms with van der Waals surface area (Å²) in [4.78, 5) is 0.296. The van der Waals surface area contributed by atoms with Gasteiger partial charge in [-0.3, -0.25) is 0 Å². The number of hydrogen-bond donors (Lipinski definition) is 2. The van der Waals surface area contributed by atoms with Gasteiger partial charge in [0.1, 0.15) is 0 Å². The van der Waals surface area contributed by atoms with Crippen molar-refractivity contribution in [2.45, 2.75) is 11.8 Å². The Morgan fingerprint density at radius 1 is 1.29 bits per heavy atom. The zero-order valence-electron chi connectivity index (χ0n) is 9.66. The molecule has 4 nitrogen and oxygen atoms in total. The molecule has 2 N–H and O–H groups in total. The molecule has 7 heteroatoms. The van der Waals surface area contributed by atoms with Gasteiger partial charge in [0.05, 0.1) is 4.90 Å². The summed E-state index contributed by atoms with van der Waals surface area (Å²) >= 11 is 3.33. The van der Waals surface area contributed by atoms with Gasteiger partial charge in [0, 0.05) is 17.6 Å². The standard InChI is InChI=1S/C10H15BrN2O2S.ClH/c1-8-7-9(3-4-10(8)11)16(14,15)13-6-5-12-2;/h3-4,7,12-13H,5-6H2,1-2H3;1H. The van der Waals surface area contributed by atoms with Crippen molar-refractivity contribution in [1.82, 2.24) is 10.0 Å². The fourth-order valence-electron chi connectivity index (χ4n) is 1.18. The lowest BCUT2D eigenvalue weighted by molar-refractivity contribution is 0.579. The summed E-state index contributed by atoms with van der Waals surface area (Å²) in [7, 11) is -1.61. The zero-order chi connectivity index (χ0) is 12.2. The summed E-state index contributed by atoms with van der Waals surface area (Å²) in [6, 6.07) is 4.96. The SMILES string of the molecule is CNCCNS(=O)(=O)c1ccc(Br)c(C)c1.Cl. The van der Waals surface area contributed by atoms with Crippen LogP contribution in [-0.2, 0) is 10.0 Å². The van der Waals surface area contributed by atoms with Crippen LogP contribution in [0.3, 0.4) is 0 Å². The molecule has 0 atom stereocenters. The molecule has 0 aromatic heterocycles. The van der Waals surface area contributed by atoms with Crippen molar-refractivity contribution < 1.29 is 8.42 Å². The number of hydrogen-bond acceptors (Lipinski definition) is 3. The number of benzene rings is 1. The van der Waals surface area contributed by atoms with Gasteiger partial charge in [-0.05, 0) is 37.7 Å². The van der Waals surface area contributed by atoms with E-state index in [0.29, 0.717) is 18.0 Å². The minimum atomic E-state index is -3.38. The van der Waals surface area contributed by atoms with Crippen molar-refractivity contribution in [3.05, 3.63) is 28.2 Å². The Morgan fingerprint density at radius 2 is 1.94 bits per heavy atom. The highest BCUT2D eigenvalue weighted by molar-refractivity contribution is 9.10. The van der Waals surface area contributed by atoms with Gasteiger partial charge in [-0.15, -0.1) is 12.4 Å². The average Bonchev–Trinajstić information content (AvgIpc) is 2.22. The third kappa shape index (κ3) is 4.93. The van der Waals surface area contributed by atoms with Crippen LogP contribution in [0.15, 0.2) is 27.6 Å². The van der Waals surface area contributed by atoms with Crippen LogP contribution in [0.4, 0.5) is 0 Å². The zero-order valence-corrected chi connectivity index (χ0v) is 12.9. The molecule has 0 amide bonds. The van der Waals surface area contributed by atoms with E-state index in [9.17, 15) is 8.42 Å². The molecule has 1 aromatic rings. The molecule has 0 saturated carbocycles. The van der Waals surface area contributed by atoms with E-state index in [4.69, 9.17) is 0 Å². The summed E-state index contributed by atoms with van der Waals surface area (Å²) in [5.74, 6) is 0. The van der Waals surface area contributed by atoms with E-state index >= 15 is 0 Å². The van der Waals surface area contributed by atoms with Crippen molar-refractivity contribution in [2.24, 2.45) is 0 Å². The Kier molecular flexibility index (Phi) is 7.27. The molecule has 0 unspecified atom stereocenters. The maximum atomic E-state index is 11.8. The van der Waals surface area contributed by atoms with Gasteiger partial charge in [-0.2, -0.15) is 0 Å². The summed E-state index contributed by atoms with van der Waals surface area (Å²) in [5, 5.41) is 2.88. The molecule has 1 rings (SSSR count). The smallest absolute Gasteiger partial charge is 0.240 e. The lowest BCUT2D eigenvalue weighted by Gasteiger charge is -2.07. The van der Waals surface area contributed by atoms with Crippen molar-refractivity contribution in [3.63, 3.8) is 0 Å². The first-order valence-electron chi connectivity index (χ1n) is 4.88. The second-order valence-electron chi connectivity index (χ2n) is 3.41. The van der Waals surface area contributed by atoms with Crippen LogP contribution in [-0.4, -0.2) is 28.6 Å². The first-order chi connectivity index (χ1) is 7.47. The molecule has 0 heterocycles. The topological polar surface area (TPSA) is 58.2 Å². The van der Waals surface area contributed by atoms with E-state index in [0.717, 1.165) is 10.0 Å². The number of halogens is 2. The molecule has 0 aliphatic heterocycles. The Balaban J connectivity index is 0.00000256. The van der Waals surface area contributed by atoms with Gasteiger partial charge in [0.2, 0.25) is 10.0 Å². The molecule has 0 fully saturated rings. The normalized spacial score (nSPS) is 11.0. The molecule has 0 aliphatic carbocycles. The summed E-state index contributed by atoms with van der Waals surface area (Å²) in [5.41, 5.74) is 0.900. The number of rotatable bonds is 5. The molecule has 98 valence electrons. The Bertz CT molecular complexity index is 465. The van der Waals surface area contributed by atoms with Crippen molar-refractivity contribution in [1.29, 1.82) is 0 Å². The Hall–Kier alpha value is -0.140. The van der Waals surface area contributed by atoms with Gasteiger partial charge in [-0.25, -0.2) is 13.1 Å². The van der Waals surface area contributed by atoms with Gasteiger partial charge >= 0.3 is 0 Å². The molecule has 0 aliphatic rings. The monoisotopic (exact) mass is 342 g/mol. The van der Waals surface area contributed by atoms with Crippen LogP contribution in [0.1, 0.15) is 5.56 Å². The molecule has 0 spiro atoms. The highest BCUT2D eigenvalue weighted by Crippen LogP contribution is 2.19. The van der Waals surface area contributed by atoms with Crippen molar-refractivity contribution in [2.75, 3.05) is 20.1 Å². The third-order valence-corrected chi connectivity index (χ3v) is 4.46. The van der Waals surface area contributed by atoms with Gasteiger partial charge in [-0.1, -0.05) is 15.9 Å². The molecule has 17 heavy (non-hydrogen) atoms. The van der Waals surface area contributed by atoms with Crippen LogP contribution in [0.5, 0.6) is 0 Å². The van der Waals surface area contributed by atoms with Crippen molar-refractivity contribution >= 4 is 38.4 Å². The number of likely N-dealkylation sites (N-methyl/N-ethyl adjacent to an activating group) is 1. The molecule has 0 radical (unpaired) electrons. The molecule has 0 saturated heterocycles. The summed E-state index contributed by atoms with van der Waals surface area (Å²) in [6.45, 7) is 2.85. The largest absolute Gasteiger partial charge is 0.318 e. The predicted octanol–water partition coefficient (Wildman–Crippen LogP) is 1.68. The van der Waals surface area contributed by atoms with Gasteiger partial charge in [0.15, 0.2) is 0 Å².